The standard InChI is InChI=1S/C16H22FNO3/c1-3-18(15-10-21-9-13(15)16(19)20)11(2)8-12-6-4-5-7-14(12)17/h4-7,11,13,15H,3,8-10H2,1-2H3,(H,19,20). The predicted octanol–water partition coefficient (Wildman–Crippen LogP) is 2.18. The molecule has 0 radical (unpaired) electrons. The Labute approximate surface area is 124 Å². The van der Waals surface area contributed by atoms with E-state index in [1.807, 2.05) is 19.9 Å². The average molecular weight is 295 g/mol. The van der Waals surface area contributed by atoms with E-state index in [2.05, 4.69) is 4.90 Å². The zero-order valence-electron chi connectivity index (χ0n) is 12.5. The normalized spacial score (nSPS) is 23.4. The van der Waals surface area contributed by atoms with Gasteiger partial charge in [0.25, 0.3) is 0 Å². The van der Waals surface area contributed by atoms with E-state index < -0.39 is 11.9 Å². The molecule has 1 heterocycles. The summed E-state index contributed by atoms with van der Waals surface area (Å²) in [5, 5.41) is 9.28. The lowest BCUT2D eigenvalue weighted by Crippen LogP contribution is -2.48. The lowest BCUT2D eigenvalue weighted by Gasteiger charge is -2.34. The number of ether oxygens (including phenoxy) is 1. The molecule has 21 heavy (non-hydrogen) atoms. The van der Waals surface area contributed by atoms with E-state index in [9.17, 15) is 14.3 Å². The van der Waals surface area contributed by atoms with Gasteiger partial charge in [0, 0.05) is 12.1 Å². The van der Waals surface area contributed by atoms with Crippen LogP contribution in [0.3, 0.4) is 0 Å². The number of carboxylic acids is 1. The highest BCUT2D eigenvalue weighted by molar-refractivity contribution is 5.71. The Kier molecular flexibility index (Phi) is 5.31. The highest BCUT2D eigenvalue weighted by atomic mass is 19.1. The van der Waals surface area contributed by atoms with Gasteiger partial charge in [-0.2, -0.15) is 0 Å². The number of halogens is 1. The number of hydrogen-bond donors (Lipinski definition) is 1. The number of nitrogens with zero attached hydrogens (tertiary/aromatic N) is 1. The van der Waals surface area contributed by atoms with Crippen molar-refractivity contribution in [2.75, 3.05) is 19.8 Å². The van der Waals surface area contributed by atoms with Gasteiger partial charge in [0.05, 0.1) is 19.1 Å². The summed E-state index contributed by atoms with van der Waals surface area (Å²) in [6, 6.07) is 6.64. The molecule has 116 valence electrons. The van der Waals surface area contributed by atoms with E-state index in [0.29, 0.717) is 25.1 Å². The van der Waals surface area contributed by atoms with E-state index in [-0.39, 0.29) is 24.5 Å². The van der Waals surface area contributed by atoms with Crippen molar-refractivity contribution in [3.8, 4) is 0 Å². The Balaban J connectivity index is 2.10. The minimum Gasteiger partial charge on any atom is -0.481 e. The van der Waals surface area contributed by atoms with Crippen molar-refractivity contribution in [3.05, 3.63) is 35.6 Å². The molecule has 0 amide bonds. The molecule has 1 saturated heterocycles. The Bertz CT molecular complexity index is 494. The molecule has 1 N–H and O–H groups in total. The van der Waals surface area contributed by atoms with Crippen LogP contribution in [0, 0.1) is 11.7 Å². The molecule has 4 nitrogen and oxygen atoms in total. The van der Waals surface area contributed by atoms with E-state index in [1.165, 1.54) is 6.07 Å². The third kappa shape index (κ3) is 3.60. The first-order chi connectivity index (χ1) is 10.0. The van der Waals surface area contributed by atoms with Gasteiger partial charge in [-0.15, -0.1) is 0 Å². The van der Waals surface area contributed by atoms with Gasteiger partial charge in [-0.25, -0.2) is 4.39 Å². The quantitative estimate of drug-likeness (QED) is 0.874. The molecule has 1 aliphatic heterocycles. The van der Waals surface area contributed by atoms with Crippen LogP contribution in [0.15, 0.2) is 24.3 Å². The van der Waals surface area contributed by atoms with Crippen LogP contribution in [-0.4, -0.2) is 47.8 Å². The number of likely N-dealkylation sites (N-methyl/N-ethyl adjacent to an activating group) is 1. The monoisotopic (exact) mass is 295 g/mol. The minimum absolute atomic E-state index is 0.0560. The Hall–Kier alpha value is -1.46. The second-order valence-corrected chi connectivity index (χ2v) is 5.52. The molecule has 1 fully saturated rings. The van der Waals surface area contributed by atoms with Gasteiger partial charge in [0.15, 0.2) is 0 Å². The lowest BCUT2D eigenvalue weighted by atomic mass is 9.98. The fourth-order valence-corrected chi connectivity index (χ4v) is 3.08. The minimum atomic E-state index is -0.825. The average Bonchev–Trinajstić information content (AvgIpc) is 2.91. The van der Waals surface area contributed by atoms with E-state index in [4.69, 9.17) is 4.74 Å². The number of benzene rings is 1. The molecule has 1 aromatic rings. The van der Waals surface area contributed by atoms with Gasteiger partial charge in [-0.3, -0.25) is 9.69 Å². The van der Waals surface area contributed by atoms with E-state index in [0.717, 1.165) is 0 Å². The van der Waals surface area contributed by atoms with Crippen molar-refractivity contribution in [3.63, 3.8) is 0 Å². The molecule has 1 aliphatic rings. The maximum Gasteiger partial charge on any atom is 0.310 e. The van der Waals surface area contributed by atoms with Crippen LogP contribution in [0.5, 0.6) is 0 Å². The highest BCUT2D eigenvalue weighted by Gasteiger charge is 2.39. The fraction of sp³-hybridized carbons (Fsp3) is 0.562. The van der Waals surface area contributed by atoms with Gasteiger partial charge in [0.2, 0.25) is 0 Å². The van der Waals surface area contributed by atoms with Crippen molar-refractivity contribution in [1.29, 1.82) is 0 Å². The largest absolute Gasteiger partial charge is 0.481 e. The molecule has 0 saturated carbocycles. The number of carbonyl (C=O) groups is 1. The third-order valence-corrected chi connectivity index (χ3v) is 4.20. The SMILES string of the molecule is CCN(C(C)Cc1ccccc1F)C1COCC1C(=O)O. The maximum absolute atomic E-state index is 13.8. The van der Waals surface area contributed by atoms with Crippen molar-refractivity contribution >= 4 is 5.97 Å². The topological polar surface area (TPSA) is 49.8 Å². The van der Waals surface area contributed by atoms with E-state index in [1.54, 1.807) is 12.1 Å². The lowest BCUT2D eigenvalue weighted by molar-refractivity contribution is -0.143. The number of hydrogen-bond acceptors (Lipinski definition) is 3. The molecule has 0 spiro atoms. The summed E-state index contributed by atoms with van der Waals surface area (Å²) in [6.07, 6.45) is 0.559. The summed E-state index contributed by atoms with van der Waals surface area (Å²) in [4.78, 5) is 13.4. The first-order valence-electron chi connectivity index (χ1n) is 7.34. The van der Waals surface area contributed by atoms with Crippen LogP contribution in [0.2, 0.25) is 0 Å². The van der Waals surface area contributed by atoms with Gasteiger partial charge in [-0.1, -0.05) is 25.1 Å². The zero-order chi connectivity index (χ0) is 15.4. The molecular weight excluding hydrogens is 273 g/mol. The van der Waals surface area contributed by atoms with Crippen molar-refractivity contribution in [2.45, 2.75) is 32.4 Å². The molecule has 1 aromatic carbocycles. The molecule has 5 heteroatoms. The van der Waals surface area contributed by atoms with Crippen molar-refractivity contribution in [1.82, 2.24) is 4.90 Å². The van der Waals surface area contributed by atoms with Crippen LogP contribution in [-0.2, 0) is 16.0 Å². The molecule has 0 bridgehead atoms. The van der Waals surface area contributed by atoms with Gasteiger partial charge >= 0.3 is 5.97 Å². The summed E-state index contributed by atoms with van der Waals surface area (Å²) < 4.78 is 19.1. The molecule has 3 atom stereocenters. The van der Waals surface area contributed by atoms with Crippen molar-refractivity contribution in [2.24, 2.45) is 5.92 Å². The predicted molar refractivity (Wildman–Crippen MR) is 77.7 cm³/mol. The second kappa shape index (κ2) is 7.00. The molecule has 0 aromatic heterocycles. The van der Waals surface area contributed by atoms with Gasteiger partial charge in [0.1, 0.15) is 5.82 Å². The summed E-state index contributed by atoms with van der Waals surface area (Å²) in [5.74, 6) is -1.54. The zero-order valence-corrected chi connectivity index (χ0v) is 12.5. The Morgan fingerprint density at radius 3 is 2.81 bits per heavy atom. The Morgan fingerprint density at radius 1 is 1.48 bits per heavy atom. The fourth-order valence-electron chi connectivity index (χ4n) is 3.08. The van der Waals surface area contributed by atoms with Gasteiger partial charge in [-0.05, 0) is 31.5 Å². The molecular formula is C16H22FNO3. The first kappa shape index (κ1) is 15.9. The smallest absolute Gasteiger partial charge is 0.310 e. The maximum atomic E-state index is 13.8. The van der Waals surface area contributed by atoms with Crippen LogP contribution in [0.25, 0.3) is 0 Å². The summed E-state index contributed by atoms with van der Waals surface area (Å²) in [6.45, 7) is 5.39. The number of rotatable bonds is 6. The number of carboxylic acid groups (broad SMARTS) is 1. The Morgan fingerprint density at radius 2 is 2.19 bits per heavy atom. The van der Waals surface area contributed by atoms with Crippen molar-refractivity contribution < 1.29 is 19.0 Å². The first-order valence-corrected chi connectivity index (χ1v) is 7.34. The molecule has 0 aliphatic carbocycles. The second-order valence-electron chi connectivity index (χ2n) is 5.52. The highest BCUT2D eigenvalue weighted by Crippen LogP contribution is 2.23. The molecule has 2 rings (SSSR count). The number of aliphatic carboxylic acids is 1. The molecule has 3 unspecified atom stereocenters. The van der Waals surface area contributed by atoms with Gasteiger partial charge < -0.3 is 9.84 Å². The van der Waals surface area contributed by atoms with Crippen LogP contribution in [0.1, 0.15) is 19.4 Å². The van der Waals surface area contributed by atoms with Crippen LogP contribution >= 0.6 is 0 Å². The third-order valence-electron chi connectivity index (χ3n) is 4.20. The van der Waals surface area contributed by atoms with E-state index >= 15 is 0 Å². The summed E-state index contributed by atoms with van der Waals surface area (Å²) in [5.41, 5.74) is 0.661. The summed E-state index contributed by atoms with van der Waals surface area (Å²) in [7, 11) is 0. The summed E-state index contributed by atoms with van der Waals surface area (Å²) >= 11 is 0. The van der Waals surface area contributed by atoms with Crippen LogP contribution in [0.4, 0.5) is 4.39 Å². The van der Waals surface area contributed by atoms with Crippen LogP contribution < -0.4 is 0 Å².